The number of allylic oxidation sites excluding steroid dienone is 9. The van der Waals surface area contributed by atoms with E-state index in [2.05, 4.69) is 66.9 Å². The Hall–Kier alpha value is -0.870. The van der Waals surface area contributed by atoms with Crippen molar-refractivity contribution in [2.24, 2.45) is 0 Å². The Kier molecular flexibility index (Phi) is 9.51. The summed E-state index contributed by atoms with van der Waals surface area (Å²) in [7, 11) is 0.842. The molecule has 112 valence electrons. The number of rotatable bonds is 7. The lowest BCUT2D eigenvalue weighted by atomic mass is 9.99. The van der Waals surface area contributed by atoms with Crippen LogP contribution in [0.1, 0.15) is 54.4 Å². The lowest BCUT2D eigenvalue weighted by Gasteiger charge is -2.12. The second kappa shape index (κ2) is 9.94. The van der Waals surface area contributed by atoms with Crippen molar-refractivity contribution >= 4 is 8.58 Å². The molecule has 0 aromatic rings. The molecule has 0 rings (SSSR count). The molecule has 0 bridgehead atoms. The largest absolute Gasteiger partial charge is 0.0988 e. The summed E-state index contributed by atoms with van der Waals surface area (Å²) in [5, 5.41) is 1.50. The van der Waals surface area contributed by atoms with Crippen molar-refractivity contribution in [3.05, 3.63) is 58.0 Å². The Balaban J connectivity index is 5.76. The van der Waals surface area contributed by atoms with E-state index in [9.17, 15) is 0 Å². The fraction of sp³-hybridized carbons (Fsp3) is 0.474. The van der Waals surface area contributed by atoms with Gasteiger partial charge in [0.25, 0.3) is 0 Å². The highest BCUT2D eigenvalue weighted by Crippen LogP contribution is 2.32. The maximum absolute atomic E-state index is 3.85. The van der Waals surface area contributed by atoms with Gasteiger partial charge >= 0.3 is 0 Å². The molecule has 0 spiro atoms. The van der Waals surface area contributed by atoms with Crippen molar-refractivity contribution in [3.63, 3.8) is 0 Å². The second-order valence-electron chi connectivity index (χ2n) is 5.24. The third-order valence-corrected chi connectivity index (χ3v) is 4.72. The first-order chi connectivity index (χ1) is 9.40. The summed E-state index contributed by atoms with van der Waals surface area (Å²) in [6, 6.07) is 0. The van der Waals surface area contributed by atoms with Crippen LogP contribution in [0.15, 0.2) is 58.0 Å². The van der Waals surface area contributed by atoms with E-state index in [4.69, 9.17) is 0 Å². The van der Waals surface area contributed by atoms with Crippen molar-refractivity contribution in [1.29, 1.82) is 0 Å². The molecule has 0 heterocycles. The van der Waals surface area contributed by atoms with Crippen molar-refractivity contribution in [3.8, 4) is 0 Å². The van der Waals surface area contributed by atoms with Gasteiger partial charge in [0.2, 0.25) is 0 Å². The summed E-state index contributed by atoms with van der Waals surface area (Å²) in [6.45, 7) is 19.3. The van der Waals surface area contributed by atoms with Crippen LogP contribution in [0.25, 0.3) is 0 Å². The SMILES string of the molecule is C=C\C(C)=C(C)/C=C(C)/C(CC)=C(/C=C(/C)CC)PC. The fourth-order valence-corrected chi connectivity index (χ4v) is 3.09. The van der Waals surface area contributed by atoms with Crippen LogP contribution in [0.3, 0.4) is 0 Å². The minimum Gasteiger partial charge on any atom is -0.0988 e. The average molecular weight is 290 g/mol. The first-order valence-electron chi connectivity index (χ1n) is 7.47. The van der Waals surface area contributed by atoms with Gasteiger partial charge in [-0.15, -0.1) is 0 Å². The van der Waals surface area contributed by atoms with E-state index in [1.807, 2.05) is 6.08 Å². The molecular formula is C19H31P. The Morgan fingerprint density at radius 2 is 1.55 bits per heavy atom. The summed E-state index contributed by atoms with van der Waals surface area (Å²) in [6.07, 6.45) is 8.83. The van der Waals surface area contributed by atoms with Crippen LogP contribution in [0.5, 0.6) is 0 Å². The molecule has 1 unspecified atom stereocenters. The molecule has 0 radical (unpaired) electrons. The van der Waals surface area contributed by atoms with E-state index in [1.54, 1.807) is 0 Å². The monoisotopic (exact) mass is 290 g/mol. The maximum Gasteiger partial charge on any atom is -0.0240 e. The Bertz CT molecular complexity index is 456. The molecule has 0 nitrogen and oxygen atoms in total. The molecule has 0 aliphatic rings. The van der Waals surface area contributed by atoms with Gasteiger partial charge in [0.1, 0.15) is 0 Å². The zero-order valence-electron chi connectivity index (χ0n) is 14.4. The van der Waals surface area contributed by atoms with Crippen molar-refractivity contribution in [2.75, 3.05) is 6.66 Å². The van der Waals surface area contributed by atoms with Gasteiger partial charge < -0.3 is 0 Å². The molecule has 0 amide bonds. The maximum atomic E-state index is 3.85. The summed E-state index contributed by atoms with van der Waals surface area (Å²) < 4.78 is 0. The highest BCUT2D eigenvalue weighted by atomic mass is 31.1. The molecule has 0 N–H and O–H groups in total. The topological polar surface area (TPSA) is 0 Å². The Labute approximate surface area is 128 Å². The smallest absolute Gasteiger partial charge is 0.0240 e. The molecule has 0 aromatic heterocycles. The lowest BCUT2D eigenvalue weighted by Crippen LogP contribution is -1.90. The molecule has 0 saturated heterocycles. The zero-order chi connectivity index (χ0) is 15.7. The fourth-order valence-electron chi connectivity index (χ4n) is 2.03. The third kappa shape index (κ3) is 6.06. The van der Waals surface area contributed by atoms with Crippen LogP contribution >= 0.6 is 8.58 Å². The van der Waals surface area contributed by atoms with Gasteiger partial charge in [-0.1, -0.05) is 52.8 Å². The highest BCUT2D eigenvalue weighted by Gasteiger charge is 2.05. The Morgan fingerprint density at radius 3 is 1.95 bits per heavy atom. The summed E-state index contributed by atoms with van der Waals surface area (Å²) in [4.78, 5) is 0. The van der Waals surface area contributed by atoms with Crippen LogP contribution < -0.4 is 0 Å². The standard InChI is InChI=1S/C19H31P/c1-9-14(4)12-19(20-8)18(11-3)17(7)13-16(6)15(5)10-2/h10,12-13,20H,2,9,11H2,1,3-8H3/b14-12-,16-15-,17-13+,19-18-. The van der Waals surface area contributed by atoms with Gasteiger partial charge in [0.05, 0.1) is 0 Å². The van der Waals surface area contributed by atoms with E-state index >= 15 is 0 Å². The van der Waals surface area contributed by atoms with Gasteiger partial charge in [-0.05, 0) is 74.8 Å². The molecule has 1 heteroatoms. The number of hydrogen-bond donors (Lipinski definition) is 0. The van der Waals surface area contributed by atoms with E-state index in [1.165, 1.54) is 33.2 Å². The average Bonchev–Trinajstić information content (AvgIpc) is 2.45. The summed E-state index contributed by atoms with van der Waals surface area (Å²) in [5.74, 6) is 0. The third-order valence-electron chi connectivity index (χ3n) is 3.73. The second-order valence-corrected chi connectivity index (χ2v) is 6.28. The number of hydrogen-bond acceptors (Lipinski definition) is 0. The van der Waals surface area contributed by atoms with Crippen LogP contribution in [-0.4, -0.2) is 6.66 Å². The van der Waals surface area contributed by atoms with Crippen molar-refractivity contribution in [1.82, 2.24) is 0 Å². The van der Waals surface area contributed by atoms with Crippen LogP contribution in [0.4, 0.5) is 0 Å². The van der Waals surface area contributed by atoms with Crippen LogP contribution in [-0.2, 0) is 0 Å². The summed E-state index contributed by atoms with van der Waals surface area (Å²) in [5.41, 5.74) is 6.90. The van der Waals surface area contributed by atoms with Crippen LogP contribution in [0, 0.1) is 0 Å². The Morgan fingerprint density at radius 1 is 0.950 bits per heavy atom. The molecular weight excluding hydrogens is 259 g/mol. The predicted molar refractivity (Wildman–Crippen MR) is 97.9 cm³/mol. The lowest BCUT2D eigenvalue weighted by molar-refractivity contribution is 1.07. The normalized spacial score (nSPS) is 16.4. The van der Waals surface area contributed by atoms with E-state index in [0.717, 1.165) is 21.4 Å². The van der Waals surface area contributed by atoms with Gasteiger partial charge in [-0.2, -0.15) is 0 Å². The van der Waals surface area contributed by atoms with E-state index in [-0.39, 0.29) is 0 Å². The van der Waals surface area contributed by atoms with Crippen molar-refractivity contribution in [2.45, 2.75) is 54.4 Å². The highest BCUT2D eigenvalue weighted by molar-refractivity contribution is 7.42. The van der Waals surface area contributed by atoms with E-state index < -0.39 is 0 Å². The van der Waals surface area contributed by atoms with Crippen LogP contribution in [0.2, 0.25) is 0 Å². The van der Waals surface area contributed by atoms with Crippen molar-refractivity contribution < 1.29 is 0 Å². The molecule has 0 aliphatic carbocycles. The zero-order valence-corrected chi connectivity index (χ0v) is 15.4. The van der Waals surface area contributed by atoms with Gasteiger partial charge in [-0.3, -0.25) is 0 Å². The minimum atomic E-state index is 0.842. The first kappa shape index (κ1) is 19.1. The summed E-state index contributed by atoms with van der Waals surface area (Å²) >= 11 is 0. The molecule has 0 aliphatic heterocycles. The first-order valence-corrected chi connectivity index (χ1v) is 8.97. The molecule has 0 fully saturated rings. The predicted octanol–water partition coefficient (Wildman–Crippen LogP) is 6.78. The molecule has 1 atom stereocenters. The van der Waals surface area contributed by atoms with Gasteiger partial charge in [0, 0.05) is 0 Å². The molecule has 0 aromatic carbocycles. The quantitative estimate of drug-likeness (QED) is 0.358. The minimum absolute atomic E-state index is 0.842. The molecule has 20 heavy (non-hydrogen) atoms. The van der Waals surface area contributed by atoms with E-state index in [0.29, 0.717) is 0 Å². The van der Waals surface area contributed by atoms with Gasteiger partial charge in [-0.25, -0.2) is 0 Å². The molecule has 0 saturated carbocycles. The van der Waals surface area contributed by atoms with Gasteiger partial charge in [0.15, 0.2) is 0 Å².